The van der Waals surface area contributed by atoms with Crippen LogP contribution >= 0.6 is 11.8 Å². The molecule has 0 aromatic rings. The second kappa shape index (κ2) is 4.83. The van der Waals surface area contributed by atoms with Gasteiger partial charge in [0.15, 0.2) is 5.17 Å². The molecule has 1 atom stereocenters. The third-order valence-electron chi connectivity index (χ3n) is 3.88. The Balaban J connectivity index is 1.71. The number of aliphatic imine (C=N–C) groups is 1. The molecule has 98 valence electrons. The van der Waals surface area contributed by atoms with E-state index in [4.69, 9.17) is 0 Å². The van der Waals surface area contributed by atoms with Crippen LogP contribution < -0.4 is 5.32 Å². The third kappa shape index (κ3) is 3.90. The summed E-state index contributed by atoms with van der Waals surface area (Å²) in [6, 6.07) is 0. The Morgan fingerprint density at radius 3 is 2.65 bits per heavy atom. The minimum absolute atomic E-state index is 0.420. The van der Waals surface area contributed by atoms with E-state index >= 15 is 0 Å². The fourth-order valence-corrected chi connectivity index (χ4v) is 3.75. The minimum atomic E-state index is 0.420. The van der Waals surface area contributed by atoms with Gasteiger partial charge in [-0.2, -0.15) is 0 Å². The molecule has 1 aliphatic carbocycles. The minimum Gasteiger partial charge on any atom is -0.364 e. The van der Waals surface area contributed by atoms with Crippen LogP contribution in [0, 0.1) is 10.8 Å². The maximum absolute atomic E-state index is 4.63. The monoisotopic (exact) mass is 254 g/mol. The second-order valence-electron chi connectivity index (χ2n) is 6.86. The summed E-state index contributed by atoms with van der Waals surface area (Å²) >= 11 is 1.96. The third-order valence-corrected chi connectivity index (χ3v) is 5.02. The van der Waals surface area contributed by atoms with E-state index in [1.807, 2.05) is 11.8 Å². The summed E-state index contributed by atoms with van der Waals surface area (Å²) in [6.07, 6.45) is 5.37. The predicted octanol–water partition coefficient (Wildman–Crippen LogP) is 3.67. The van der Waals surface area contributed by atoms with Gasteiger partial charge in [0, 0.05) is 11.8 Å². The lowest BCUT2D eigenvalue weighted by Gasteiger charge is -2.21. The Kier molecular flexibility index (Phi) is 3.77. The number of nitrogens with zero attached hydrogens (tertiary/aromatic N) is 1. The Morgan fingerprint density at radius 1 is 1.41 bits per heavy atom. The maximum Gasteiger partial charge on any atom is 0.156 e. The van der Waals surface area contributed by atoms with Crippen LogP contribution in [0.15, 0.2) is 4.99 Å². The van der Waals surface area contributed by atoms with Crippen LogP contribution in [0.3, 0.4) is 0 Å². The highest BCUT2D eigenvalue weighted by atomic mass is 32.2. The topological polar surface area (TPSA) is 24.4 Å². The van der Waals surface area contributed by atoms with Crippen molar-refractivity contribution in [2.75, 3.05) is 13.1 Å². The normalized spacial score (nSPS) is 26.8. The molecule has 0 amide bonds. The lowest BCUT2D eigenvalue weighted by Crippen LogP contribution is -2.27. The van der Waals surface area contributed by atoms with E-state index < -0.39 is 0 Å². The van der Waals surface area contributed by atoms with E-state index in [2.05, 4.69) is 38.0 Å². The van der Waals surface area contributed by atoms with E-state index in [0.29, 0.717) is 16.1 Å². The molecule has 0 radical (unpaired) electrons. The van der Waals surface area contributed by atoms with Crippen LogP contribution in [0.5, 0.6) is 0 Å². The standard InChI is InChI=1S/C14H26N2S/c1-5-14(6-7-14)10-16-12-15-9-11(17-12)8-13(2,3)4/h11H,5-10H2,1-4H3,(H,15,16). The van der Waals surface area contributed by atoms with E-state index in [1.54, 1.807) is 0 Å². The van der Waals surface area contributed by atoms with Crippen molar-refractivity contribution in [3.8, 4) is 0 Å². The maximum atomic E-state index is 4.63. The summed E-state index contributed by atoms with van der Waals surface area (Å²) in [6.45, 7) is 11.4. The molecule has 1 saturated carbocycles. The molecule has 1 N–H and O–H groups in total. The molecule has 0 saturated heterocycles. The van der Waals surface area contributed by atoms with Gasteiger partial charge in [-0.05, 0) is 36.5 Å². The van der Waals surface area contributed by atoms with Crippen molar-refractivity contribution in [1.29, 1.82) is 0 Å². The smallest absolute Gasteiger partial charge is 0.156 e. The molecular weight excluding hydrogens is 228 g/mol. The van der Waals surface area contributed by atoms with Crippen LogP contribution in [0.4, 0.5) is 0 Å². The Labute approximate surface area is 110 Å². The summed E-state index contributed by atoms with van der Waals surface area (Å²) < 4.78 is 0. The number of hydrogen-bond donors (Lipinski definition) is 1. The highest BCUT2D eigenvalue weighted by Crippen LogP contribution is 2.48. The van der Waals surface area contributed by atoms with Gasteiger partial charge < -0.3 is 5.32 Å². The van der Waals surface area contributed by atoms with Crippen molar-refractivity contribution in [1.82, 2.24) is 5.32 Å². The van der Waals surface area contributed by atoms with Crippen molar-refractivity contribution in [3.05, 3.63) is 0 Å². The zero-order chi connectivity index (χ0) is 12.5. The number of amidine groups is 1. The Bertz CT molecular complexity index is 300. The average molecular weight is 254 g/mol. The second-order valence-corrected chi connectivity index (χ2v) is 8.15. The summed E-state index contributed by atoms with van der Waals surface area (Å²) in [5, 5.41) is 5.45. The van der Waals surface area contributed by atoms with E-state index in [9.17, 15) is 0 Å². The SMILES string of the molecule is CCC1(CNC2=NCC(CC(C)(C)C)S2)CC1. The summed E-state index contributed by atoms with van der Waals surface area (Å²) in [7, 11) is 0. The lowest BCUT2D eigenvalue weighted by atomic mass is 9.90. The Hall–Kier alpha value is -0.180. The quantitative estimate of drug-likeness (QED) is 0.827. The highest BCUT2D eigenvalue weighted by Gasteiger charge is 2.40. The molecular formula is C14H26N2S. The first-order chi connectivity index (χ1) is 7.92. The largest absolute Gasteiger partial charge is 0.364 e. The van der Waals surface area contributed by atoms with Crippen molar-refractivity contribution < 1.29 is 0 Å². The summed E-state index contributed by atoms with van der Waals surface area (Å²) in [4.78, 5) is 4.63. The molecule has 0 spiro atoms. The molecule has 0 aromatic carbocycles. The van der Waals surface area contributed by atoms with Crippen LogP contribution in [0.25, 0.3) is 0 Å². The number of nitrogens with one attached hydrogen (secondary N) is 1. The van der Waals surface area contributed by atoms with Gasteiger partial charge in [-0.25, -0.2) is 0 Å². The fourth-order valence-electron chi connectivity index (χ4n) is 2.40. The number of rotatable bonds is 4. The van der Waals surface area contributed by atoms with Gasteiger partial charge in [-0.1, -0.05) is 39.5 Å². The number of thioether (sulfide) groups is 1. The molecule has 2 aliphatic rings. The van der Waals surface area contributed by atoms with Crippen molar-refractivity contribution in [3.63, 3.8) is 0 Å². The van der Waals surface area contributed by atoms with Crippen molar-refractivity contribution >= 4 is 16.9 Å². The zero-order valence-corrected chi connectivity index (χ0v) is 12.5. The molecule has 1 aliphatic heterocycles. The molecule has 1 unspecified atom stereocenters. The van der Waals surface area contributed by atoms with Gasteiger partial charge in [0.05, 0.1) is 6.54 Å². The highest BCUT2D eigenvalue weighted by molar-refractivity contribution is 8.14. The van der Waals surface area contributed by atoms with Gasteiger partial charge in [0.2, 0.25) is 0 Å². The summed E-state index contributed by atoms with van der Waals surface area (Å²) in [5.74, 6) is 0. The Morgan fingerprint density at radius 2 is 2.12 bits per heavy atom. The molecule has 1 heterocycles. The predicted molar refractivity (Wildman–Crippen MR) is 77.7 cm³/mol. The van der Waals surface area contributed by atoms with Crippen LogP contribution in [0.1, 0.15) is 53.4 Å². The molecule has 0 bridgehead atoms. The molecule has 3 heteroatoms. The van der Waals surface area contributed by atoms with Crippen LogP contribution in [-0.4, -0.2) is 23.5 Å². The van der Waals surface area contributed by atoms with Gasteiger partial charge in [0.1, 0.15) is 0 Å². The van der Waals surface area contributed by atoms with E-state index in [0.717, 1.165) is 13.1 Å². The lowest BCUT2D eigenvalue weighted by molar-refractivity contribution is 0.375. The van der Waals surface area contributed by atoms with Gasteiger partial charge in [-0.15, -0.1) is 0 Å². The zero-order valence-electron chi connectivity index (χ0n) is 11.7. The number of hydrogen-bond acceptors (Lipinski definition) is 3. The van der Waals surface area contributed by atoms with Crippen molar-refractivity contribution in [2.45, 2.75) is 58.6 Å². The first-order valence-electron chi connectivity index (χ1n) is 6.87. The van der Waals surface area contributed by atoms with Crippen molar-refractivity contribution in [2.24, 2.45) is 15.8 Å². The molecule has 0 aromatic heterocycles. The van der Waals surface area contributed by atoms with Crippen LogP contribution in [0.2, 0.25) is 0 Å². The van der Waals surface area contributed by atoms with Gasteiger partial charge in [-0.3, -0.25) is 4.99 Å². The summed E-state index contributed by atoms with van der Waals surface area (Å²) in [5.41, 5.74) is 1.04. The average Bonchev–Trinajstić information content (AvgIpc) is 2.89. The molecule has 2 nitrogen and oxygen atoms in total. The van der Waals surface area contributed by atoms with Gasteiger partial charge in [0.25, 0.3) is 0 Å². The van der Waals surface area contributed by atoms with Crippen LogP contribution in [-0.2, 0) is 0 Å². The molecule has 17 heavy (non-hydrogen) atoms. The molecule has 2 rings (SSSR count). The van der Waals surface area contributed by atoms with E-state index in [1.165, 1.54) is 30.9 Å². The fraction of sp³-hybridized carbons (Fsp3) is 0.929. The molecule has 1 fully saturated rings. The van der Waals surface area contributed by atoms with Gasteiger partial charge >= 0.3 is 0 Å². The first-order valence-corrected chi connectivity index (χ1v) is 7.75. The van der Waals surface area contributed by atoms with E-state index in [-0.39, 0.29) is 0 Å². The first kappa shape index (κ1) is 13.3.